The van der Waals surface area contributed by atoms with E-state index in [0.29, 0.717) is 13.1 Å². The van der Waals surface area contributed by atoms with Crippen LogP contribution in [0.25, 0.3) is 0 Å². The van der Waals surface area contributed by atoms with E-state index in [1.165, 1.54) is 7.11 Å². The van der Waals surface area contributed by atoms with Gasteiger partial charge in [0.2, 0.25) is 0 Å². The second kappa shape index (κ2) is 6.87. The highest BCUT2D eigenvalue weighted by molar-refractivity contribution is 9.10. The molecule has 5 nitrogen and oxygen atoms in total. The highest BCUT2D eigenvalue weighted by Crippen LogP contribution is 2.25. The van der Waals surface area contributed by atoms with Gasteiger partial charge in [-0.1, -0.05) is 37.3 Å². The van der Waals surface area contributed by atoms with Crippen LogP contribution in [0, 0.1) is 0 Å². The first-order chi connectivity index (χ1) is 10.1. The lowest BCUT2D eigenvalue weighted by atomic mass is 9.89. The van der Waals surface area contributed by atoms with Gasteiger partial charge in [0.1, 0.15) is 0 Å². The Bertz CT molecular complexity index is 600. The van der Waals surface area contributed by atoms with E-state index in [1.807, 2.05) is 43.5 Å². The van der Waals surface area contributed by atoms with Crippen molar-refractivity contribution in [1.29, 1.82) is 0 Å². The van der Waals surface area contributed by atoms with Crippen molar-refractivity contribution >= 4 is 21.9 Å². The Hall–Kier alpha value is -1.66. The fraction of sp³-hybridized carbons (Fsp3) is 0.333. The Labute approximate surface area is 132 Å². The molecule has 6 heteroatoms. The number of rotatable bonds is 6. The Morgan fingerprint density at radius 3 is 2.67 bits per heavy atom. The number of methoxy groups -OCH3 is 1. The molecule has 1 atom stereocenters. The number of nitrogens with one attached hydrogen (secondary N) is 1. The second-order valence-electron chi connectivity index (χ2n) is 4.65. The number of benzene rings is 1. The lowest BCUT2D eigenvalue weighted by Gasteiger charge is -2.32. The van der Waals surface area contributed by atoms with Crippen molar-refractivity contribution in [3.05, 3.63) is 52.8 Å². The summed E-state index contributed by atoms with van der Waals surface area (Å²) < 4.78 is 7.63. The first-order valence-corrected chi connectivity index (χ1v) is 7.48. The number of carbonyl (C=O) groups excluding carboxylic acids is 1. The predicted molar refractivity (Wildman–Crippen MR) is 83.7 cm³/mol. The van der Waals surface area contributed by atoms with Crippen molar-refractivity contribution < 1.29 is 9.53 Å². The molecule has 0 aliphatic heterocycles. The summed E-state index contributed by atoms with van der Waals surface area (Å²) in [4.78, 5) is 12.5. The van der Waals surface area contributed by atoms with Gasteiger partial charge in [0, 0.05) is 6.20 Å². The van der Waals surface area contributed by atoms with Gasteiger partial charge < -0.3 is 4.74 Å². The van der Waals surface area contributed by atoms with Crippen molar-refractivity contribution in [3.8, 4) is 0 Å². The third-order valence-electron chi connectivity index (χ3n) is 3.28. The van der Waals surface area contributed by atoms with E-state index in [0.717, 1.165) is 10.0 Å². The number of likely N-dealkylation sites (N-methyl/N-ethyl adjacent to an activating group) is 1. The molecule has 1 aromatic heterocycles. The van der Waals surface area contributed by atoms with Crippen LogP contribution in [0.15, 0.2) is 47.2 Å². The molecule has 0 radical (unpaired) electrons. The van der Waals surface area contributed by atoms with Crippen LogP contribution in [0.5, 0.6) is 0 Å². The van der Waals surface area contributed by atoms with Gasteiger partial charge in [-0.25, -0.2) is 4.79 Å². The minimum atomic E-state index is -0.962. The van der Waals surface area contributed by atoms with Crippen LogP contribution in [0.2, 0.25) is 0 Å². The molecule has 0 aliphatic rings. The standard InChI is InChI=1S/C15H18BrN3O2/c1-3-17-15(14(20)21-2,12-7-5-4-6-8-12)11-19-10-13(16)9-18-19/h4-10,17H,3,11H2,1-2H3. The largest absolute Gasteiger partial charge is 0.467 e. The summed E-state index contributed by atoms with van der Waals surface area (Å²) in [5.74, 6) is -0.331. The van der Waals surface area contributed by atoms with Crippen LogP contribution in [0.3, 0.4) is 0 Å². The molecule has 1 N–H and O–H groups in total. The van der Waals surface area contributed by atoms with Gasteiger partial charge in [-0.05, 0) is 28.0 Å². The van der Waals surface area contributed by atoms with Crippen molar-refractivity contribution in [3.63, 3.8) is 0 Å². The summed E-state index contributed by atoms with van der Waals surface area (Å²) in [6.45, 7) is 2.94. The molecule has 0 spiro atoms. The van der Waals surface area contributed by atoms with Gasteiger partial charge in [-0.15, -0.1) is 0 Å². The number of aromatic nitrogens is 2. The van der Waals surface area contributed by atoms with Crippen molar-refractivity contribution in [2.24, 2.45) is 0 Å². The third kappa shape index (κ3) is 3.33. The second-order valence-corrected chi connectivity index (χ2v) is 5.57. The predicted octanol–water partition coefficient (Wildman–Crippen LogP) is 2.32. The fourth-order valence-corrected chi connectivity index (χ4v) is 2.70. The molecule has 1 unspecified atom stereocenters. The molecule has 0 saturated heterocycles. The van der Waals surface area contributed by atoms with Crippen LogP contribution in [-0.2, 0) is 21.6 Å². The Morgan fingerprint density at radius 1 is 1.43 bits per heavy atom. The Kier molecular flexibility index (Phi) is 5.14. The topological polar surface area (TPSA) is 56.2 Å². The van der Waals surface area contributed by atoms with Crippen LogP contribution < -0.4 is 5.32 Å². The van der Waals surface area contributed by atoms with Crippen LogP contribution in [0.1, 0.15) is 12.5 Å². The molecule has 1 aromatic carbocycles. The number of carbonyl (C=O) groups is 1. The molecule has 0 fully saturated rings. The van der Waals surface area contributed by atoms with Gasteiger partial charge in [0.15, 0.2) is 5.54 Å². The van der Waals surface area contributed by atoms with Gasteiger partial charge in [0.05, 0.1) is 24.3 Å². The smallest absolute Gasteiger partial charge is 0.332 e. The lowest BCUT2D eigenvalue weighted by Crippen LogP contribution is -2.53. The van der Waals surface area contributed by atoms with Gasteiger partial charge in [0.25, 0.3) is 0 Å². The first-order valence-electron chi connectivity index (χ1n) is 6.69. The zero-order valence-corrected chi connectivity index (χ0v) is 13.6. The fourth-order valence-electron chi connectivity index (χ4n) is 2.37. The molecular weight excluding hydrogens is 334 g/mol. The van der Waals surface area contributed by atoms with E-state index in [4.69, 9.17) is 4.74 Å². The molecule has 21 heavy (non-hydrogen) atoms. The molecule has 1 heterocycles. The first kappa shape index (κ1) is 15.7. The van der Waals surface area contributed by atoms with Crippen LogP contribution in [0.4, 0.5) is 0 Å². The SMILES string of the molecule is CCNC(Cn1cc(Br)cn1)(C(=O)OC)c1ccccc1. The number of hydrogen-bond donors (Lipinski definition) is 1. The average molecular weight is 352 g/mol. The summed E-state index contributed by atoms with van der Waals surface area (Å²) in [5, 5.41) is 7.52. The van der Waals surface area contributed by atoms with E-state index in [1.54, 1.807) is 10.9 Å². The third-order valence-corrected chi connectivity index (χ3v) is 3.69. The molecule has 0 aliphatic carbocycles. The molecule has 0 bridgehead atoms. The van der Waals surface area contributed by atoms with E-state index in [9.17, 15) is 4.79 Å². The van der Waals surface area contributed by atoms with E-state index < -0.39 is 5.54 Å². The van der Waals surface area contributed by atoms with Crippen LogP contribution >= 0.6 is 15.9 Å². The molecule has 0 saturated carbocycles. The Balaban J connectivity index is 2.47. The summed E-state index contributed by atoms with van der Waals surface area (Å²) in [7, 11) is 1.40. The molecule has 2 rings (SSSR count). The Morgan fingerprint density at radius 2 is 2.14 bits per heavy atom. The number of hydrogen-bond acceptors (Lipinski definition) is 4. The molecule has 112 valence electrons. The maximum absolute atomic E-state index is 12.5. The molecule has 0 amide bonds. The number of halogens is 1. The summed E-state index contributed by atoms with van der Waals surface area (Å²) in [5.41, 5.74) is -0.110. The van der Waals surface area contributed by atoms with Gasteiger partial charge >= 0.3 is 5.97 Å². The van der Waals surface area contributed by atoms with Crippen LogP contribution in [-0.4, -0.2) is 29.4 Å². The van der Waals surface area contributed by atoms with E-state index >= 15 is 0 Å². The maximum atomic E-state index is 12.5. The summed E-state index contributed by atoms with van der Waals surface area (Å²) in [6, 6.07) is 9.56. The minimum absolute atomic E-state index is 0.331. The summed E-state index contributed by atoms with van der Waals surface area (Å²) >= 11 is 3.37. The highest BCUT2D eigenvalue weighted by Gasteiger charge is 2.41. The number of esters is 1. The summed E-state index contributed by atoms with van der Waals surface area (Å²) in [6.07, 6.45) is 3.52. The zero-order chi connectivity index (χ0) is 15.3. The van der Waals surface area contributed by atoms with E-state index in [-0.39, 0.29) is 5.97 Å². The average Bonchev–Trinajstić information content (AvgIpc) is 2.91. The lowest BCUT2D eigenvalue weighted by molar-refractivity contribution is -0.150. The molecule has 2 aromatic rings. The van der Waals surface area contributed by atoms with E-state index in [2.05, 4.69) is 26.3 Å². The maximum Gasteiger partial charge on any atom is 0.332 e. The van der Waals surface area contributed by atoms with Gasteiger partial charge in [-0.3, -0.25) is 10.00 Å². The van der Waals surface area contributed by atoms with Crippen molar-refractivity contribution in [2.75, 3.05) is 13.7 Å². The number of ether oxygens (including phenoxy) is 1. The molecular formula is C15H18BrN3O2. The highest BCUT2D eigenvalue weighted by atomic mass is 79.9. The quantitative estimate of drug-likeness (QED) is 0.811. The monoisotopic (exact) mass is 351 g/mol. The zero-order valence-electron chi connectivity index (χ0n) is 12.0. The van der Waals surface area contributed by atoms with Crippen molar-refractivity contribution in [2.45, 2.75) is 19.0 Å². The van der Waals surface area contributed by atoms with Gasteiger partial charge in [-0.2, -0.15) is 5.10 Å². The van der Waals surface area contributed by atoms with Crippen molar-refractivity contribution in [1.82, 2.24) is 15.1 Å². The normalized spacial score (nSPS) is 13.7. The minimum Gasteiger partial charge on any atom is -0.467 e. The number of nitrogens with zero attached hydrogens (tertiary/aromatic N) is 2.